The fourth-order valence-corrected chi connectivity index (χ4v) is 3.63. The van der Waals surface area contributed by atoms with Crippen molar-refractivity contribution in [2.24, 2.45) is 5.73 Å². The van der Waals surface area contributed by atoms with Gasteiger partial charge in [-0.15, -0.1) is 0 Å². The van der Waals surface area contributed by atoms with Crippen LogP contribution in [0.5, 0.6) is 11.5 Å². The van der Waals surface area contributed by atoms with Gasteiger partial charge in [-0.1, -0.05) is 24.3 Å². The number of rotatable bonds is 14. The van der Waals surface area contributed by atoms with Crippen molar-refractivity contribution in [3.8, 4) is 11.5 Å². The van der Waals surface area contributed by atoms with Crippen LogP contribution in [-0.4, -0.2) is 85.5 Å². The molecule has 0 aromatic heterocycles. The Morgan fingerprint density at radius 2 is 1.12 bits per heavy atom. The number of hydrogen-bond donors (Lipinski definition) is 9. The first-order chi connectivity index (χ1) is 18.8. The Morgan fingerprint density at radius 1 is 0.725 bits per heavy atom. The first kappa shape index (κ1) is 31.5. The van der Waals surface area contributed by atoms with Crippen molar-refractivity contribution in [3.63, 3.8) is 0 Å². The number of carboxylic acids is 2. The van der Waals surface area contributed by atoms with Gasteiger partial charge in [0.2, 0.25) is 17.7 Å². The van der Waals surface area contributed by atoms with Gasteiger partial charge in [-0.3, -0.25) is 19.2 Å². The Morgan fingerprint density at radius 3 is 1.50 bits per heavy atom. The molecule has 10 N–H and O–H groups in total. The van der Waals surface area contributed by atoms with E-state index in [2.05, 4.69) is 16.0 Å². The molecule has 2 rings (SSSR count). The van der Waals surface area contributed by atoms with Gasteiger partial charge in [0.15, 0.2) is 6.04 Å². The lowest BCUT2D eigenvalue weighted by Gasteiger charge is -2.26. The quantitative estimate of drug-likeness (QED) is 0.130. The zero-order chi connectivity index (χ0) is 30.0. The number of carbonyl (C=O) groups excluding carboxylic acids is 3. The van der Waals surface area contributed by atoms with Gasteiger partial charge in [0.25, 0.3) is 0 Å². The Hall–Kier alpha value is -4.69. The minimum atomic E-state index is -1.69. The Labute approximate surface area is 228 Å². The van der Waals surface area contributed by atoms with Crippen LogP contribution in [0, 0.1) is 0 Å². The predicted octanol–water partition coefficient (Wildman–Crippen LogP) is -1.40. The summed E-state index contributed by atoms with van der Waals surface area (Å²) in [6.07, 6.45) is -2.48. The van der Waals surface area contributed by atoms with Crippen molar-refractivity contribution < 1.29 is 49.5 Å². The van der Waals surface area contributed by atoms with Crippen molar-refractivity contribution >= 4 is 29.7 Å². The fourth-order valence-electron chi connectivity index (χ4n) is 3.63. The van der Waals surface area contributed by atoms with Gasteiger partial charge in [0, 0.05) is 12.8 Å². The molecule has 14 heteroatoms. The molecule has 0 aliphatic heterocycles. The van der Waals surface area contributed by atoms with Gasteiger partial charge in [0.05, 0.1) is 18.6 Å². The second-order valence-corrected chi connectivity index (χ2v) is 9.13. The second kappa shape index (κ2) is 14.5. The highest BCUT2D eigenvalue weighted by atomic mass is 16.4. The molecule has 3 amide bonds. The van der Waals surface area contributed by atoms with Crippen molar-refractivity contribution in [1.29, 1.82) is 0 Å². The number of carboxylic acid groups (broad SMARTS) is 2. The molecule has 0 saturated heterocycles. The van der Waals surface area contributed by atoms with Gasteiger partial charge >= 0.3 is 11.9 Å². The maximum absolute atomic E-state index is 13.4. The van der Waals surface area contributed by atoms with Crippen molar-refractivity contribution in [2.75, 3.05) is 0 Å². The monoisotopic (exact) mass is 560 g/mol. The number of phenols is 2. The molecule has 5 atom stereocenters. The van der Waals surface area contributed by atoms with E-state index in [1.165, 1.54) is 48.5 Å². The smallest absolute Gasteiger partial charge is 0.328 e. The molecule has 14 nitrogen and oxygen atoms in total. The van der Waals surface area contributed by atoms with Gasteiger partial charge in [-0.2, -0.15) is 0 Å². The van der Waals surface area contributed by atoms with E-state index < -0.39 is 66.4 Å². The molecule has 0 radical (unpaired) electrons. The molecule has 2 aromatic carbocycles. The van der Waals surface area contributed by atoms with Crippen LogP contribution in [0.2, 0.25) is 0 Å². The Balaban J connectivity index is 2.35. The van der Waals surface area contributed by atoms with E-state index >= 15 is 0 Å². The van der Waals surface area contributed by atoms with E-state index in [1.807, 2.05) is 0 Å². The number of hydrogen-bond acceptors (Lipinski definition) is 9. The minimum Gasteiger partial charge on any atom is -0.508 e. The second-order valence-electron chi connectivity index (χ2n) is 9.13. The van der Waals surface area contributed by atoms with Gasteiger partial charge in [-0.25, -0.2) is 4.79 Å². The lowest BCUT2D eigenvalue weighted by Crippen LogP contribution is -2.59. The molecule has 5 unspecified atom stereocenters. The van der Waals surface area contributed by atoms with Crippen LogP contribution in [0.25, 0.3) is 0 Å². The van der Waals surface area contributed by atoms with Crippen LogP contribution >= 0.6 is 0 Å². The van der Waals surface area contributed by atoms with E-state index in [1.54, 1.807) is 0 Å². The number of aliphatic hydroxyl groups excluding tert-OH is 1. The van der Waals surface area contributed by atoms with Crippen molar-refractivity contribution in [2.45, 2.75) is 56.5 Å². The predicted molar refractivity (Wildman–Crippen MR) is 139 cm³/mol. The summed E-state index contributed by atoms with van der Waals surface area (Å²) in [5, 5.41) is 54.2. The maximum atomic E-state index is 13.4. The average molecular weight is 561 g/mol. The van der Waals surface area contributed by atoms with E-state index in [0.29, 0.717) is 11.1 Å². The number of nitrogens with one attached hydrogen (secondary N) is 3. The van der Waals surface area contributed by atoms with E-state index in [4.69, 9.17) is 10.8 Å². The molecule has 2 aromatic rings. The van der Waals surface area contributed by atoms with Crippen LogP contribution in [0.4, 0.5) is 0 Å². The molecule has 0 saturated carbocycles. The first-order valence-corrected chi connectivity index (χ1v) is 12.1. The van der Waals surface area contributed by atoms with Crippen LogP contribution in [0.1, 0.15) is 24.5 Å². The SMILES string of the molecule is CC(O)C(NC(=O)C(Cc1ccc(O)cc1)NC(=O)C(Cc1ccc(O)cc1)NC(=O)C(N)CC(=O)O)C(=O)O. The van der Waals surface area contributed by atoms with Crippen molar-refractivity contribution in [3.05, 3.63) is 59.7 Å². The number of aliphatic hydroxyl groups is 1. The molecule has 40 heavy (non-hydrogen) atoms. The van der Waals surface area contributed by atoms with E-state index in [0.717, 1.165) is 6.92 Å². The summed E-state index contributed by atoms with van der Waals surface area (Å²) in [6.45, 7) is 1.16. The summed E-state index contributed by atoms with van der Waals surface area (Å²) in [5.74, 6) is -5.72. The maximum Gasteiger partial charge on any atom is 0.328 e. The van der Waals surface area contributed by atoms with Crippen LogP contribution < -0.4 is 21.7 Å². The third kappa shape index (κ3) is 9.89. The highest BCUT2D eigenvalue weighted by molar-refractivity contribution is 5.95. The minimum absolute atomic E-state index is 0.0472. The average Bonchev–Trinajstić information content (AvgIpc) is 2.87. The molecular formula is C26H32N4O10. The lowest BCUT2D eigenvalue weighted by atomic mass is 10.0. The summed E-state index contributed by atoms with van der Waals surface area (Å²) in [7, 11) is 0. The highest BCUT2D eigenvalue weighted by Crippen LogP contribution is 2.14. The molecular weight excluding hydrogens is 528 g/mol. The van der Waals surface area contributed by atoms with E-state index in [9.17, 15) is 44.4 Å². The molecule has 0 spiro atoms. The number of nitrogens with two attached hydrogens (primary N) is 1. The Kier molecular flexibility index (Phi) is 11.4. The Bertz CT molecular complexity index is 1200. The van der Waals surface area contributed by atoms with Gasteiger partial charge in [0.1, 0.15) is 23.6 Å². The van der Waals surface area contributed by atoms with Crippen LogP contribution in [-0.2, 0) is 36.8 Å². The van der Waals surface area contributed by atoms with Gasteiger partial charge < -0.3 is 47.2 Å². The fraction of sp³-hybridized carbons (Fsp3) is 0.346. The summed E-state index contributed by atoms with van der Waals surface area (Å²) in [6, 6.07) is 5.40. The number of aromatic hydroxyl groups is 2. The number of aliphatic carboxylic acids is 2. The standard InChI is InChI=1S/C26H32N4O10/c1-13(31)22(26(39)40)30-25(38)20(11-15-4-8-17(33)9-5-15)29-24(37)19(10-14-2-6-16(32)7-3-14)28-23(36)18(27)12-21(34)35/h2-9,13,18-20,22,31-33H,10-12,27H2,1H3,(H,28,36)(H,29,37)(H,30,38)(H,34,35)(H,39,40). The number of carbonyl (C=O) groups is 5. The van der Waals surface area contributed by atoms with Crippen molar-refractivity contribution in [1.82, 2.24) is 16.0 Å². The van der Waals surface area contributed by atoms with E-state index in [-0.39, 0.29) is 24.3 Å². The summed E-state index contributed by atoms with van der Waals surface area (Å²) < 4.78 is 0. The zero-order valence-corrected chi connectivity index (χ0v) is 21.5. The lowest BCUT2D eigenvalue weighted by molar-refractivity contribution is -0.145. The first-order valence-electron chi connectivity index (χ1n) is 12.1. The summed E-state index contributed by atoms with van der Waals surface area (Å²) in [4.78, 5) is 61.5. The molecule has 0 bridgehead atoms. The molecule has 0 fully saturated rings. The molecule has 216 valence electrons. The van der Waals surface area contributed by atoms with Crippen LogP contribution in [0.3, 0.4) is 0 Å². The number of amides is 3. The molecule has 0 heterocycles. The number of phenolic OH excluding ortho intramolecular Hbond substituents is 2. The summed E-state index contributed by atoms with van der Waals surface area (Å²) >= 11 is 0. The topological polar surface area (TPSA) is 249 Å². The third-order valence-electron chi connectivity index (χ3n) is 5.80. The third-order valence-corrected chi connectivity index (χ3v) is 5.80. The largest absolute Gasteiger partial charge is 0.508 e. The van der Waals surface area contributed by atoms with Crippen LogP contribution in [0.15, 0.2) is 48.5 Å². The molecule has 0 aliphatic rings. The molecule has 0 aliphatic carbocycles. The normalized spacial score (nSPS) is 14.6. The number of benzene rings is 2. The highest BCUT2D eigenvalue weighted by Gasteiger charge is 2.32. The zero-order valence-electron chi connectivity index (χ0n) is 21.5. The van der Waals surface area contributed by atoms with Gasteiger partial charge in [-0.05, 0) is 42.3 Å². The summed E-state index contributed by atoms with van der Waals surface area (Å²) in [5.41, 5.74) is 6.60.